The molecule has 0 unspecified atom stereocenters. The van der Waals surface area contributed by atoms with Gasteiger partial charge in [-0.3, -0.25) is 9.48 Å². The molecule has 1 aliphatic rings. The maximum Gasteiger partial charge on any atom is 0.255 e. The van der Waals surface area contributed by atoms with Gasteiger partial charge in [-0.1, -0.05) is 0 Å². The molecule has 7 nitrogen and oxygen atoms in total. The number of carbonyl (C=O) groups is 1. The van der Waals surface area contributed by atoms with E-state index in [-0.39, 0.29) is 5.91 Å². The van der Waals surface area contributed by atoms with Crippen molar-refractivity contribution in [2.24, 2.45) is 5.92 Å². The Hall–Kier alpha value is -2.12. The summed E-state index contributed by atoms with van der Waals surface area (Å²) < 4.78 is 12.8. The van der Waals surface area contributed by atoms with E-state index < -0.39 is 0 Å². The molecule has 142 valence electrons. The zero-order valence-electron chi connectivity index (χ0n) is 15.6. The molecule has 1 aromatic carbocycles. The van der Waals surface area contributed by atoms with Gasteiger partial charge in [0.1, 0.15) is 5.75 Å². The second-order valence-corrected chi connectivity index (χ2v) is 6.60. The van der Waals surface area contributed by atoms with E-state index in [1.54, 1.807) is 13.2 Å². The van der Waals surface area contributed by atoms with Crippen molar-refractivity contribution in [1.29, 1.82) is 0 Å². The van der Waals surface area contributed by atoms with Crippen LogP contribution in [0.4, 0.5) is 0 Å². The van der Waals surface area contributed by atoms with Gasteiger partial charge in [-0.05, 0) is 50.9 Å². The second kappa shape index (κ2) is 9.00. The number of nitrogens with zero attached hydrogens (tertiary/aromatic N) is 2. The number of hydrogen-bond acceptors (Lipinski definition) is 5. The Morgan fingerprint density at radius 3 is 2.92 bits per heavy atom. The standard InChI is InChI=1S/C19H28N4O3/c1-3-26-18-15(19(24)21-10-11-25-2)4-5-17-16(18)13-23(22-17)12-14-6-8-20-9-7-14/h4-5,13-14,20H,3,6-12H2,1-2H3,(H,21,24). The van der Waals surface area contributed by atoms with Crippen molar-refractivity contribution in [2.45, 2.75) is 26.3 Å². The number of ether oxygens (including phenoxy) is 2. The Morgan fingerprint density at radius 1 is 1.38 bits per heavy atom. The van der Waals surface area contributed by atoms with E-state index in [0.29, 0.717) is 37.0 Å². The van der Waals surface area contributed by atoms with Gasteiger partial charge in [-0.2, -0.15) is 5.10 Å². The summed E-state index contributed by atoms with van der Waals surface area (Å²) in [4.78, 5) is 12.5. The summed E-state index contributed by atoms with van der Waals surface area (Å²) in [7, 11) is 1.61. The van der Waals surface area contributed by atoms with Crippen molar-refractivity contribution >= 4 is 16.8 Å². The lowest BCUT2D eigenvalue weighted by atomic mass is 9.98. The number of carbonyl (C=O) groups excluding carboxylic acids is 1. The fourth-order valence-electron chi connectivity index (χ4n) is 3.38. The minimum atomic E-state index is -0.154. The molecule has 0 aliphatic carbocycles. The first-order chi connectivity index (χ1) is 12.7. The molecular weight excluding hydrogens is 332 g/mol. The molecular formula is C19H28N4O3. The summed E-state index contributed by atoms with van der Waals surface area (Å²) in [6, 6.07) is 3.68. The first-order valence-corrected chi connectivity index (χ1v) is 9.33. The molecule has 0 atom stereocenters. The number of rotatable bonds is 8. The Balaban J connectivity index is 1.84. The topological polar surface area (TPSA) is 77.4 Å². The van der Waals surface area contributed by atoms with Gasteiger partial charge >= 0.3 is 0 Å². The van der Waals surface area contributed by atoms with Crippen LogP contribution in [0.1, 0.15) is 30.1 Å². The fraction of sp³-hybridized carbons (Fsp3) is 0.579. The van der Waals surface area contributed by atoms with Gasteiger partial charge < -0.3 is 20.1 Å². The zero-order valence-corrected chi connectivity index (χ0v) is 15.6. The van der Waals surface area contributed by atoms with E-state index in [2.05, 4.69) is 10.6 Å². The van der Waals surface area contributed by atoms with Crippen molar-refractivity contribution < 1.29 is 14.3 Å². The van der Waals surface area contributed by atoms with Gasteiger partial charge in [-0.15, -0.1) is 0 Å². The highest BCUT2D eigenvalue weighted by Gasteiger charge is 2.19. The van der Waals surface area contributed by atoms with Crippen LogP contribution in [-0.4, -0.2) is 55.6 Å². The third-order valence-electron chi connectivity index (χ3n) is 4.72. The molecule has 0 saturated carbocycles. The number of methoxy groups -OCH3 is 1. The minimum Gasteiger partial charge on any atom is -0.492 e. The van der Waals surface area contributed by atoms with E-state index in [1.165, 1.54) is 12.8 Å². The summed E-state index contributed by atoms with van der Waals surface area (Å²) in [5.74, 6) is 1.09. The minimum absolute atomic E-state index is 0.154. The van der Waals surface area contributed by atoms with Gasteiger partial charge in [-0.25, -0.2) is 0 Å². The van der Waals surface area contributed by atoms with Crippen molar-refractivity contribution in [2.75, 3.05) is 40.0 Å². The lowest BCUT2D eigenvalue weighted by Gasteiger charge is -2.22. The first-order valence-electron chi connectivity index (χ1n) is 9.33. The van der Waals surface area contributed by atoms with Crippen LogP contribution in [0.3, 0.4) is 0 Å². The van der Waals surface area contributed by atoms with Crippen LogP contribution in [-0.2, 0) is 11.3 Å². The number of fused-ring (bicyclic) bond motifs is 1. The third-order valence-corrected chi connectivity index (χ3v) is 4.72. The Labute approximate surface area is 154 Å². The van der Waals surface area contributed by atoms with Crippen molar-refractivity contribution in [3.63, 3.8) is 0 Å². The largest absolute Gasteiger partial charge is 0.492 e. The molecule has 1 fully saturated rings. The predicted molar refractivity (Wildman–Crippen MR) is 101 cm³/mol. The number of amides is 1. The van der Waals surface area contributed by atoms with Gasteiger partial charge in [0.25, 0.3) is 5.91 Å². The van der Waals surface area contributed by atoms with Crippen LogP contribution in [0.5, 0.6) is 5.75 Å². The Bertz CT molecular complexity index is 738. The number of nitrogens with one attached hydrogen (secondary N) is 2. The van der Waals surface area contributed by atoms with Crippen LogP contribution in [0.25, 0.3) is 10.9 Å². The van der Waals surface area contributed by atoms with Crippen molar-refractivity contribution in [3.8, 4) is 5.75 Å². The van der Waals surface area contributed by atoms with Gasteiger partial charge in [0, 0.05) is 26.4 Å². The third kappa shape index (κ3) is 4.34. The predicted octanol–water partition coefficient (Wildman–Crippen LogP) is 1.81. The Kier molecular flexibility index (Phi) is 6.46. The van der Waals surface area contributed by atoms with Gasteiger partial charge in [0.05, 0.1) is 29.7 Å². The smallest absolute Gasteiger partial charge is 0.255 e. The molecule has 0 bridgehead atoms. The van der Waals surface area contributed by atoms with Crippen LogP contribution in [0, 0.1) is 5.92 Å². The SMILES string of the molecule is CCOc1c(C(=O)NCCOC)ccc2nn(CC3CCNCC3)cc12. The van der Waals surface area contributed by atoms with Crippen LogP contribution < -0.4 is 15.4 Å². The van der Waals surface area contributed by atoms with Crippen molar-refractivity contribution in [3.05, 3.63) is 23.9 Å². The highest BCUT2D eigenvalue weighted by Crippen LogP contribution is 2.30. The number of benzene rings is 1. The van der Waals surface area contributed by atoms with E-state index in [4.69, 9.17) is 14.6 Å². The molecule has 1 saturated heterocycles. The molecule has 0 spiro atoms. The fourth-order valence-corrected chi connectivity index (χ4v) is 3.38. The van der Waals surface area contributed by atoms with E-state index >= 15 is 0 Å². The molecule has 1 aliphatic heterocycles. The summed E-state index contributed by atoms with van der Waals surface area (Å²) >= 11 is 0. The van der Waals surface area contributed by atoms with Crippen LogP contribution in [0.15, 0.2) is 18.3 Å². The molecule has 7 heteroatoms. The summed E-state index contributed by atoms with van der Waals surface area (Å²) in [5.41, 5.74) is 1.40. The normalized spacial score (nSPS) is 15.3. The summed E-state index contributed by atoms with van der Waals surface area (Å²) in [5, 5.41) is 11.8. The molecule has 2 heterocycles. The summed E-state index contributed by atoms with van der Waals surface area (Å²) in [6.07, 6.45) is 4.34. The van der Waals surface area contributed by atoms with E-state index in [0.717, 1.165) is 30.5 Å². The van der Waals surface area contributed by atoms with Crippen molar-refractivity contribution in [1.82, 2.24) is 20.4 Å². The molecule has 1 amide bonds. The van der Waals surface area contributed by atoms with Gasteiger partial charge in [0.15, 0.2) is 0 Å². The van der Waals surface area contributed by atoms with E-state index in [1.807, 2.05) is 23.9 Å². The molecule has 0 radical (unpaired) electrons. The summed E-state index contributed by atoms with van der Waals surface area (Å²) in [6.45, 7) is 6.40. The Morgan fingerprint density at radius 2 is 2.19 bits per heavy atom. The van der Waals surface area contributed by atoms with Crippen LogP contribution >= 0.6 is 0 Å². The first kappa shape index (κ1) is 18.7. The second-order valence-electron chi connectivity index (χ2n) is 6.60. The molecule has 2 N–H and O–H groups in total. The molecule has 2 aromatic rings. The van der Waals surface area contributed by atoms with E-state index in [9.17, 15) is 4.79 Å². The van der Waals surface area contributed by atoms with Crippen LogP contribution in [0.2, 0.25) is 0 Å². The van der Waals surface area contributed by atoms with Gasteiger partial charge in [0.2, 0.25) is 0 Å². The number of piperidine rings is 1. The molecule has 3 rings (SSSR count). The molecule has 26 heavy (non-hydrogen) atoms. The lowest BCUT2D eigenvalue weighted by molar-refractivity contribution is 0.0933. The number of hydrogen-bond donors (Lipinski definition) is 2. The maximum atomic E-state index is 12.5. The highest BCUT2D eigenvalue weighted by atomic mass is 16.5. The monoisotopic (exact) mass is 360 g/mol. The lowest BCUT2D eigenvalue weighted by Crippen LogP contribution is -2.29. The number of aromatic nitrogens is 2. The average Bonchev–Trinajstić information content (AvgIpc) is 3.06. The quantitative estimate of drug-likeness (QED) is 0.702. The average molecular weight is 360 g/mol. The highest BCUT2D eigenvalue weighted by molar-refractivity contribution is 6.03. The maximum absolute atomic E-state index is 12.5. The zero-order chi connectivity index (χ0) is 18.4. The molecule has 1 aromatic heterocycles.